The molecule has 1 amide bonds. The van der Waals surface area contributed by atoms with E-state index in [0.29, 0.717) is 38.5 Å². The van der Waals surface area contributed by atoms with Crippen LogP contribution in [0.25, 0.3) is 0 Å². The Bertz CT molecular complexity index is 849. The minimum Gasteiger partial charge on any atom is -0.481 e. The lowest BCUT2D eigenvalue weighted by Gasteiger charge is -2.25. The molecule has 0 fully saturated rings. The molecular formula is C30H53NO11. The summed E-state index contributed by atoms with van der Waals surface area (Å²) in [5, 5.41) is 51.6. The zero-order valence-electron chi connectivity index (χ0n) is 25.8. The highest BCUT2D eigenvalue weighted by Crippen LogP contribution is 2.23. The van der Waals surface area contributed by atoms with Crippen molar-refractivity contribution in [3.8, 4) is 0 Å². The number of ether oxygens (including phenoxy) is 1. The normalized spacial score (nSPS) is 17.1. The maximum atomic E-state index is 13.1. The Morgan fingerprint density at radius 2 is 1.36 bits per heavy atom. The molecule has 0 aromatic rings. The second kappa shape index (κ2) is 21.2. The molecule has 42 heavy (non-hydrogen) atoms. The van der Waals surface area contributed by atoms with E-state index in [1.165, 1.54) is 6.92 Å². The van der Waals surface area contributed by atoms with Gasteiger partial charge in [0.2, 0.25) is 5.91 Å². The van der Waals surface area contributed by atoms with E-state index < -0.39 is 67.1 Å². The summed E-state index contributed by atoms with van der Waals surface area (Å²) in [6.07, 6.45) is 0.121. The number of Topliss-reactive ketones (excluding diaryl/α,β-unsaturated/α-hetero) is 1. The monoisotopic (exact) mass is 603 g/mol. The Hall–Kier alpha value is -2.57. The first-order chi connectivity index (χ1) is 19.6. The van der Waals surface area contributed by atoms with Gasteiger partial charge in [0.25, 0.3) is 0 Å². The van der Waals surface area contributed by atoms with Crippen LogP contribution < -0.4 is 5.32 Å². The first-order valence-electron chi connectivity index (χ1n) is 15.1. The number of unbranched alkanes of at least 4 members (excludes halogenated alkanes) is 2. The molecule has 0 radical (unpaired) electrons. The number of carbonyl (C=O) groups excluding carboxylic acids is 3. The number of amides is 1. The molecule has 0 aliphatic carbocycles. The van der Waals surface area contributed by atoms with Gasteiger partial charge >= 0.3 is 17.9 Å². The highest BCUT2D eigenvalue weighted by Gasteiger charge is 2.32. The van der Waals surface area contributed by atoms with Crippen LogP contribution in [0.15, 0.2) is 0 Å². The number of aliphatic carboxylic acids is 2. The van der Waals surface area contributed by atoms with Crippen molar-refractivity contribution in [2.45, 2.75) is 142 Å². The molecule has 0 aromatic heterocycles. The van der Waals surface area contributed by atoms with E-state index in [9.17, 15) is 44.4 Å². The van der Waals surface area contributed by atoms with Crippen molar-refractivity contribution in [2.75, 3.05) is 0 Å². The minimum absolute atomic E-state index is 0.120. The van der Waals surface area contributed by atoms with Gasteiger partial charge in [-0.25, -0.2) is 0 Å². The fourth-order valence-electron chi connectivity index (χ4n) is 4.88. The molecular weight excluding hydrogens is 550 g/mol. The summed E-state index contributed by atoms with van der Waals surface area (Å²) in [5.41, 5.74) is 0. The fraction of sp³-hybridized carbons (Fsp3) is 0.833. The Morgan fingerprint density at radius 1 is 0.786 bits per heavy atom. The highest BCUT2D eigenvalue weighted by molar-refractivity contribution is 5.88. The number of hydrogen-bond donors (Lipinski definition) is 6. The van der Waals surface area contributed by atoms with Crippen LogP contribution >= 0.6 is 0 Å². The lowest BCUT2D eigenvalue weighted by atomic mass is 9.88. The fourth-order valence-corrected chi connectivity index (χ4v) is 4.88. The number of nitrogens with one attached hydrogen (secondary N) is 1. The SMILES string of the molecule is CCCCC(C)C(=O)C(CC(C)CC(O)CCCCC(O)CC(O)C(C)NC(C)=O)OC(=O)CC(CC(=O)O)C(=O)O. The van der Waals surface area contributed by atoms with E-state index in [4.69, 9.17) is 9.84 Å². The quantitative estimate of drug-likeness (QED) is 0.0698. The first-order valence-corrected chi connectivity index (χ1v) is 15.1. The van der Waals surface area contributed by atoms with Crippen LogP contribution in [-0.2, 0) is 28.7 Å². The van der Waals surface area contributed by atoms with Crippen LogP contribution in [0, 0.1) is 17.8 Å². The predicted molar refractivity (Wildman–Crippen MR) is 154 cm³/mol. The van der Waals surface area contributed by atoms with Gasteiger partial charge in [-0.15, -0.1) is 0 Å². The lowest BCUT2D eigenvalue weighted by molar-refractivity contribution is -0.161. The van der Waals surface area contributed by atoms with Crippen molar-refractivity contribution in [3.63, 3.8) is 0 Å². The van der Waals surface area contributed by atoms with Crippen LogP contribution in [0.3, 0.4) is 0 Å². The third kappa shape index (κ3) is 18.1. The first kappa shape index (κ1) is 39.4. The van der Waals surface area contributed by atoms with Crippen molar-refractivity contribution < 1.29 is 54.2 Å². The van der Waals surface area contributed by atoms with E-state index in [2.05, 4.69) is 5.32 Å². The molecule has 0 aliphatic rings. The summed E-state index contributed by atoms with van der Waals surface area (Å²) in [6, 6.07) is -0.478. The molecule has 0 aliphatic heterocycles. The van der Waals surface area contributed by atoms with Crippen molar-refractivity contribution in [3.05, 3.63) is 0 Å². The van der Waals surface area contributed by atoms with Crippen LogP contribution in [0.4, 0.5) is 0 Å². The average molecular weight is 604 g/mol. The highest BCUT2D eigenvalue weighted by atomic mass is 16.5. The molecule has 0 heterocycles. The lowest BCUT2D eigenvalue weighted by Crippen LogP contribution is -2.41. The Kier molecular flexibility index (Phi) is 19.9. The van der Waals surface area contributed by atoms with Gasteiger partial charge < -0.3 is 35.6 Å². The van der Waals surface area contributed by atoms with Gasteiger partial charge in [0, 0.05) is 19.3 Å². The summed E-state index contributed by atoms with van der Waals surface area (Å²) in [4.78, 5) is 59.1. The van der Waals surface area contributed by atoms with Crippen LogP contribution in [-0.4, -0.2) is 85.6 Å². The molecule has 8 unspecified atom stereocenters. The van der Waals surface area contributed by atoms with Crippen molar-refractivity contribution in [1.29, 1.82) is 0 Å². The number of carbonyl (C=O) groups is 5. The molecule has 0 spiro atoms. The van der Waals surface area contributed by atoms with Gasteiger partial charge in [-0.05, 0) is 44.9 Å². The second-order valence-electron chi connectivity index (χ2n) is 11.7. The standard InChI is InChI=1S/C30H53NO11/c1-6-7-10-19(3)29(39)26(42-28(38)16-22(30(40)41)15-27(36)37)14-18(2)13-23(33)11-8-9-12-24(34)17-25(35)20(4)31-21(5)32/h18-20,22-26,33-35H,6-17H2,1-5H3,(H,31,32)(H,36,37)(H,40,41). The largest absolute Gasteiger partial charge is 0.481 e. The van der Waals surface area contributed by atoms with E-state index in [1.807, 2.05) is 13.8 Å². The van der Waals surface area contributed by atoms with Gasteiger partial charge in [-0.2, -0.15) is 0 Å². The third-order valence-corrected chi connectivity index (χ3v) is 7.39. The number of hydrogen-bond acceptors (Lipinski definition) is 9. The summed E-state index contributed by atoms with van der Waals surface area (Å²) in [5.74, 6) is -6.37. The Labute approximate surface area is 249 Å². The summed E-state index contributed by atoms with van der Waals surface area (Å²) < 4.78 is 5.42. The van der Waals surface area contributed by atoms with Gasteiger partial charge in [-0.3, -0.25) is 24.0 Å². The molecule has 0 aromatic carbocycles. The van der Waals surface area contributed by atoms with Crippen LogP contribution in [0.2, 0.25) is 0 Å². The number of carboxylic acids is 2. The topological polar surface area (TPSA) is 208 Å². The van der Waals surface area contributed by atoms with Crippen molar-refractivity contribution >= 4 is 29.6 Å². The van der Waals surface area contributed by atoms with Crippen molar-refractivity contribution in [1.82, 2.24) is 5.32 Å². The number of aliphatic hydroxyl groups is 3. The van der Waals surface area contributed by atoms with E-state index in [-0.39, 0.29) is 36.4 Å². The van der Waals surface area contributed by atoms with E-state index in [0.717, 1.165) is 12.8 Å². The average Bonchev–Trinajstić information content (AvgIpc) is 2.87. The molecule has 244 valence electrons. The Balaban J connectivity index is 4.94. The molecule has 12 heteroatoms. The van der Waals surface area contributed by atoms with Gasteiger partial charge in [-0.1, -0.05) is 46.5 Å². The van der Waals surface area contributed by atoms with Crippen LogP contribution in [0.5, 0.6) is 0 Å². The van der Waals surface area contributed by atoms with Gasteiger partial charge in [0.05, 0.1) is 43.1 Å². The number of carboxylic acid groups (broad SMARTS) is 2. The molecule has 0 saturated carbocycles. The minimum atomic E-state index is -1.47. The third-order valence-electron chi connectivity index (χ3n) is 7.39. The van der Waals surface area contributed by atoms with Crippen molar-refractivity contribution in [2.24, 2.45) is 17.8 Å². The predicted octanol–water partition coefficient (Wildman–Crippen LogP) is 2.83. The number of ketones is 1. The Morgan fingerprint density at radius 3 is 1.86 bits per heavy atom. The molecule has 0 saturated heterocycles. The number of aliphatic hydroxyl groups excluding tert-OH is 3. The molecule has 0 bridgehead atoms. The second-order valence-corrected chi connectivity index (χ2v) is 11.7. The molecule has 8 atom stereocenters. The smallest absolute Gasteiger partial charge is 0.307 e. The number of esters is 1. The molecule has 6 N–H and O–H groups in total. The van der Waals surface area contributed by atoms with Gasteiger partial charge in [0.15, 0.2) is 11.9 Å². The molecule has 12 nitrogen and oxygen atoms in total. The zero-order chi connectivity index (χ0) is 32.4. The maximum absolute atomic E-state index is 13.1. The maximum Gasteiger partial charge on any atom is 0.307 e. The van der Waals surface area contributed by atoms with E-state index in [1.54, 1.807) is 13.8 Å². The number of rotatable bonds is 24. The summed E-state index contributed by atoms with van der Waals surface area (Å²) >= 11 is 0. The van der Waals surface area contributed by atoms with Gasteiger partial charge in [0.1, 0.15) is 0 Å². The molecule has 0 rings (SSSR count). The van der Waals surface area contributed by atoms with Crippen LogP contribution in [0.1, 0.15) is 112 Å². The summed E-state index contributed by atoms with van der Waals surface area (Å²) in [7, 11) is 0. The zero-order valence-corrected chi connectivity index (χ0v) is 25.8. The summed E-state index contributed by atoms with van der Waals surface area (Å²) in [6.45, 7) is 8.57. The van der Waals surface area contributed by atoms with E-state index >= 15 is 0 Å².